The SMILES string of the molecule is CCOP(=O)(OCC)[C@@H]1CN1S(=O)(=O)c1ccc(C)cc1. The van der Waals surface area contributed by atoms with Gasteiger partial charge in [-0.25, -0.2) is 8.42 Å². The van der Waals surface area contributed by atoms with E-state index < -0.39 is 23.4 Å². The first-order valence-electron chi connectivity index (χ1n) is 6.82. The molecule has 0 spiro atoms. The van der Waals surface area contributed by atoms with E-state index >= 15 is 0 Å². The van der Waals surface area contributed by atoms with Crippen LogP contribution in [0.5, 0.6) is 0 Å². The molecule has 1 aliphatic heterocycles. The highest BCUT2D eigenvalue weighted by Gasteiger charge is 2.57. The number of hydrogen-bond acceptors (Lipinski definition) is 5. The summed E-state index contributed by atoms with van der Waals surface area (Å²) in [6.45, 7) is 5.88. The van der Waals surface area contributed by atoms with Gasteiger partial charge >= 0.3 is 7.60 Å². The first-order valence-corrected chi connectivity index (χ1v) is 9.87. The molecular weight excluding hydrogens is 313 g/mol. The Morgan fingerprint density at radius 1 is 1.19 bits per heavy atom. The second kappa shape index (κ2) is 6.18. The molecule has 0 N–H and O–H groups in total. The summed E-state index contributed by atoms with van der Waals surface area (Å²) >= 11 is 0. The molecule has 21 heavy (non-hydrogen) atoms. The molecule has 118 valence electrons. The van der Waals surface area contributed by atoms with E-state index in [9.17, 15) is 13.0 Å². The van der Waals surface area contributed by atoms with Gasteiger partial charge in [0.05, 0.1) is 18.1 Å². The van der Waals surface area contributed by atoms with E-state index in [1.54, 1.807) is 38.1 Å². The predicted octanol–water partition coefficient (Wildman–Crippen LogP) is 2.59. The molecule has 2 rings (SSSR count). The zero-order valence-corrected chi connectivity index (χ0v) is 14.1. The quantitative estimate of drug-likeness (QED) is 0.566. The van der Waals surface area contributed by atoms with Gasteiger partial charge in [0.25, 0.3) is 0 Å². The Hall–Kier alpha value is -0.720. The second-order valence-electron chi connectivity index (χ2n) is 4.74. The summed E-state index contributed by atoms with van der Waals surface area (Å²) in [6.07, 6.45) is 0. The summed E-state index contributed by atoms with van der Waals surface area (Å²) in [5.74, 6) is -0.719. The van der Waals surface area contributed by atoms with E-state index in [2.05, 4.69) is 0 Å². The minimum absolute atomic E-state index is 0.160. The third-order valence-electron chi connectivity index (χ3n) is 3.15. The molecular formula is C13H20NO5PS. The van der Waals surface area contributed by atoms with Gasteiger partial charge in [-0.3, -0.25) is 4.57 Å². The highest BCUT2D eigenvalue weighted by molar-refractivity contribution is 7.89. The Labute approximate surface area is 125 Å². The summed E-state index contributed by atoms with van der Waals surface area (Å²) in [6, 6.07) is 6.56. The van der Waals surface area contributed by atoms with Gasteiger partial charge in [0.15, 0.2) is 0 Å². The van der Waals surface area contributed by atoms with E-state index in [4.69, 9.17) is 9.05 Å². The van der Waals surface area contributed by atoms with Gasteiger partial charge in [-0.2, -0.15) is 4.31 Å². The summed E-state index contributed by atoms with van der Waals surface area (Å²) in [5, 5.41) is 0. The molecule has 0 radical (unpaired) electrons. The number of sulfonamides is 1. The van der Waals surface area contributed by atoms with E-state index in [-0.39, 0.29) is 24.7 Å². The molecule has 1 fully saturated rings. The number of rotatable bonds is 7. The average Bonchev–Trinajstić information content (AvgIpc) is 3.21. The van der Waals surface area contributed by atoms with Crippen molar-refractivity contribution in [2.24, 2.45) is 0 Å². The van der Waals surface area contributed by atoms with Crippen LogP contribution in [0, 0.1) is 6.92 Å². The van der Waals surface area contributed by atoms with Crippen LogP contribution in [-0.4, -0.2) is 38.3 Å². The molecule has 1 saturated heterocycles. The van der Waals surface area contributed by atoms with Crippen molar-refractivity contribution in [2.75, 3.05) is 19.8 Å². The minimum Gasteiger partial charge on any atom is -0.308 e. The van der Waals surface area contributed by atoms with Crippen LogP contribution in [0.2, 0.25) is 0 Å². The normalized spacial score (nSPS) is 22.2. The first-order chi connectivity index (χ1) is 9.85. The fraction of sp³-hybridized carbons (Fsp3) is 0.538. The Morgan fingerprint density at radius 3 is 2.19 bits per heavy atom. The van der Waals surface area contributed by atoms with E-state index in [0.717, 1.165) is 5.56 Å². The van der Waals surface area contributed by atoms with E-state index in [0.29, 0.717) is 0 Å². The van der Waals surface area contributed by atoms with Crippen LogP contribution >= 0.6 is 7.60 Å². The van der Waals surface area contributed by atoms with Crippen molar-refractivity contribution < 1.29 is 22.0 Å². The molecule has 1 aromatic rings. The smallest absolute Gasteiger partial charge is 0.308 e. The summed E-state index contributed by atoms with van der Waals surface area (Å²) in [5.41, 5.74) is 0.977. The lowest BCUT2D eigenvalue weighted by Crippen LogP contribution is -2.16. The Kier molecular flexibility index (Phi) is 4.90. The molecule has 1 aromatic carbocycles. The third-order valence-corrected chi connectivity index (χ3v) is 7.61. The van der Waals surface area contributed by atoms with Gasteiger partial charge in [-0.1, -0.05) is 17.7 Å². The highest BCUT2D eigenvalue weighted by atomic mass is 32.2. The van der Waals surface area contributed by atoms with Crippen LogP contribution in [0.25, 0.3) is 0 Å². The summed E-state index contributed by atoms with van der Waals surface area (Å²) in [4.78, 5) is 0.190. The van der Waals surface area contributed by atoms with Crippen LogP contribution in [-0.2, 0) is 23.6 Å². The lowest BCUT2D eigenvalue weighted by molar-refractivity contribution is 0.216. The maximum absolute atomic E-state index is 12.6. The Balaban J connectivity index is 2.21. The van der Waals surface area contributed by atoms with Gasteiger partial charge in [0.1, 0.15) is 5.78 Å². The van der Waals surface area contributed by atoms with Crippen LogP contribution < -0.4 is 0 Å². The fourth-order valence-corrected chi connectivity index (χ4v) is 6.11. The first kappa shape index (κ1) is 16.6. The van der Waals surface area contributed by atoms with Gasteiger partial charge in [0, 0.05) is 6.54 Å². The standard InChI is InChI=1S/C13H20NO5PS/c1-4-18-20(15,19-5-2)13-10-14(13)21(16,17)12-8-6-11(3)7-9-12/h6-9,13H,4-5,10H2,1-3H3/t13-,14?/m1/s1. The van der Waals surface area contributed by atoms with Crippen molar-refractivity contribution in [3.63, 3.8) is 0 Å². The highest BCUT2D eigenvalue weighted by Crippen LogP contribution is 2.60. The van der Waals surface area contributed by atoms with Crippen molar-refractivity contribution in [3.05, 3.63) is 29.8 Å². The topological polar surface area (TPSA) is 72.7 Å². The predicted molar refractivity (Wildman–Crippen MR) is 79.7 cm³/mol. The number of aryl methyl sites for hydroxylation is 1. The largest absolute Gasteiger partial charge is 0.350 e. The van der Waals surface area contributed by atoms with Crippen LogP contribution in [0.4, 0.5) is 0 Å². The molecule has 1 unspecified atom stereocenters. The zero-order valence-electron chi connectivity index (χ0n) is 12.4. The molecule has 0 bridgehead atoms. The van der Waals surface area contributed by atoms with Crippen molar-refractivity contribution in [1.29, 1.82) is 0 Å². The van der Waals surface area contributed by atoms with Crippen LogP contribution in [0.3, 0.4) is 0 Å². The van der Waals surface area contributed by atoms with Gasteiger partial charge in [-0.15, -0.1) is 0 Å². The lowest BCUT2D eigenvalue weighted by atomic mass is 10.2. The molecule has 0 aromatic heterocycles. The van der Waals surface area contributed by atoms with Crippen molar-refractivity contribution in [1.82, 2.24) is 4.31 Å². The van der Waals surface area contributed by atoms with Gasteiger partial charge in [-0.05, 0) is 32.9 Å². The summed E-state index contributed by atoms with van der Waals surface area (Å²) in [7, 11) is -7.07. The molecule has 0 saturated carbocycles. The number of benzene rings is 1. The number of nitrogens with zero attached hydrogens (tertiary/aromatic N) is 1. The molecule has 8 heteroatoms. The van der Waals surface area contributed by atoms with E-state index in [1.807, 2.05) is 6.92 Å². The summed E-state index contributed by atoms with van der Waals surface area (Å²) < 4.78 is 49.1. The lowest BCUT2D eigenvalue weighted by Gasteiger charge is -2.17. The fourth-order valence-electron chi connectivity index (χ4n) is 2.04. The molecule has 0 amide bonds. The maximum Gasteiger partial charge on any atom is 0.350 e. The van der Waals surface area contributed by atoms with E-state index in [1.165, 1.54) is 4.31 Å². The zero-order chi connectivity index (χ0) is 15.7. The van der Waals surface area contributed by atoms with Gasteiger partial charge < -0.3 is 9.05 Å². The molecule has 1 heterocycles. The van der Waals surface area contributed by atoms with Crippen molar-refractivity contribution >= 4 is 17.6 Å². The Morgan fingerprint density at radius 2 is 1.71 bits per heavy atom. The minimum atomic E-state index is -3.65. The van der Waals surface area contributed by atoms with Crippen molar-refractivity contribution in [3.8, 4) is 0 Å². The van der Waals surface area contributed by atoms with Crippen LogP contribution in [0.15, 0.2) is 29.2 Å². The van der Waals surface area contributed by atoms with Gasteiger partial charge in [0.2, 0.25) is 10.0 Å². The van der Waals surface area contributed by atoms with Crippen molar-refractivity contribution in [2.45, 2.75) is 31.4 Å². The Bertz CT molecular complexity index is 633. The van der Waals surface area contributed by atoms with Crippen LogP contribution in [0.1, 0.15) is 19.4 Å². The number of hydrogen-bond donors (Lipinski definition) is 0. The molecule has 2 atom stereocenters. The molecule has 1 aliphatic rings. The maximum atomic E-state index is 12.6. The molecule has 6 nitrogen and oxygen atoms in total. The second-order valence-corrected chi connectivity index (χ2v) is 8.83. The monoisotopic (exact) mass is 333 g/mol. The average molecular weight is 333 g/mol. The third kappa shape index (κ3) is 3.38. The molecule has 0 aliphatic carbocycles.